The zero-order chi connectivity index (χ0) is 58.9. The standard InChI is InChI=1S/C70H127NO10/c1-4-7-10-13-16-19-22-24-26-28-30-31-32-34-35-37-39-42-45-48-51-54-57-63(74)69(78)71-61(62(73)56-53-50-47-44-41-21-18-15-12-9-6-3)60-79-70-68(67(77)66(76)64(59-72)80-70)81-65(75)58-55-52-49-46-43-40-38-36-33-29-27-25-23-20-17-14-11-8-5-2/h17,20,24-27,33,36,53,56,61-64,66-68,70,72-74,76-77H,4-16,18-19,21-23,28-32,34-35,37-52,54-55,57-60H2,1-3H3,(H,71,78)/b20-17-,26-24+,27-25-,36-33-,56-53+. The minimum Gasteiger partial charge on any atom is -0.454 e. The first-order valence-corrected chi connectivity index (χ1v) is 34.1. The van der Waals surface area contributed by atoms with E-state index in [4.69, 9.17) is 14.2 Å². The highest BCUT2D eigenvalue weighted by molar-refractivity contribution is 5.80. The maximum Gasteiger partial charge on any atom is 0.306 e. The zero-order valence-electron chi connectivity index (χ0n) is 52.4. The highest BCUT2D eigenvalue weighted by Gasteiger charge is 2.47. The fourth-order valence-electron chi connectivity index (χ4n) is 10.5. The second-order valence-electron chi connectivity index (χ2n) is 23.6. The summed E-state index contributed by atoms with van der Waals surface area (Å²) in [4.78, 5) is 26.6. The van der Waals surface area contributed by atoms with E-state index in [1.165, 1.54) is 173 Å². The molecule has 472 valence electrons. The van der Waals surface area contributed by atoms with Crippen LogP contribution in [0.15, 0.2) is 60.8 Å². The number of allylic oxidation sites excluding steroid dienone is 9. The number of aliphatic hydroxyl groups excluding tert-OH is 5. The van der Waals surface area contributed by atoms with Crippen LogP contribution in [0.3, 0.4) is 0 Å². The van der Waals surface area contributed by atoms with Crippen molar-refractivity contribution in [3.63, 3.8) is 0 Å². The molecule has 1 aliphatic rings. The van der Waals surface area contributed by atoms with Crippen molar-refractivity contribution >= 4 is 11.9 Å². The van der Waals surface area contributed by atoms with Crippen molar-refractivity contribution in [1.29, 1.82) is 0 Å². The molecule has 0 aromatic rings. The van der Waals surface area contributed by atoms with Crippen LogP contribution in [0.1, 0.15) is 310 Å². The van der Waals surface area contributed by atoms with E-state index in [0.29, 0.717) is 19.3 Å². The maximum absolute atomic E-state index is 13.5. The summed E-state index contributed by atoms with van der Waals surface area (Å²) in [5, 5.41) is 57.1. The van der Waals surface area contributed by atoms with E-state index < -0.39 is 67.4 Å². The van der Waals surface area contributed by atoms with Crippen LogP contribution in [0.5, 0.6) is 0 Å². The van der Waals surface area contributed by atoms with Crippen LogP contribution in [-0.2, 0) is 23.8 Å². The number of hydrogen-bond donors (Lipinski definition) is 6. The molecule has 0 saturated carbocycles. The lowest BCUT2D eigenvalue weighted by molar-refractivity contribution is -0.305. The monoisotopic (exact) mass is 1140 g/mol. The Kier molecular flexibility index (Phi) is 54.5. The van der Waals surface area contributed by atoms with Gasteiger partial charge in [-0.25, -0.2) is 0 Å². The smallest absolute Gasteiger partial charge is 0.306 e. The van der Waals surface area contributed by atoms with Gasteiger partial charge in [-0.05, 0) is 89.9 Å². The van der Waals surface area contributed by atoms with Gasteiger partial charge in [-0.2, -0.15) is 0 Å². The molecule has 81 heavy (non-hydrogen) atoms. The van der Waals surface area contributed by atoms with Crippen LogP contribution < -0.4 is 5.32 Å². The molecule has 1 heterocycles. The van der Waals surface area contributed by atoms with Crippen LogP contribution >= 0.6 is 0 Å². The number of rotatable bonds is 58. The summed E-state index contributed by atoms with van der Waals surface area (Å²) in [5.41, 5.74) is 0. The molecule has 6 N–H and O–H groups in total. The molecule has 0 aromatic heterocycles. The third-order valence-corrected chi connectivity index (χ3v) is 15.9. The molecule has 11 nitrogen and oxygen atoms in total. The van der Waals surface area contributed by atoms with Crippen LogP contribution in [0, 0.1) is 0 Å². The number of carbonyl (C=O) groups is 2. The zero-order valence-corrected chi connectivity index (χ0v) is 52.4. The van der Waals surface area contributed by atoms with Gasteiger partial charge in [0.05, 0.1) is 25.4 Å². The van der Waals surface area contributed by atoms with Crippen LogP contribution in [-0.4, -0.2) is 99.6 Å². The first kappa shape index (κ1) is 76.4. The van der Waals surface area contributed by atoms with E-state index in [9.17, 15) is 35.1 Å². The Hall–Kier alpha value is -2.64. The maximum atomic E-state index is 13.5. The summed E-state index contributed by atoms with van der Waals surface area (Å²) in [7, 11) is 0. The normalized spacial score (nSPS) is 19.0. The van der Waals surface area contributed by atoms with Gasteiger partial charge >= 0.3 is 5.97 Å². The van der Waals surface area contributed by atoms with E-state index in [1.54, 1.807) is 6.08 Å². The van der Waals surface area contributed by atoms with Gasteiger partial charge in [0.25, 0.3) is 0 Å². The topological polar surface area (TPSA) is 175 Å². The van der Waals surface area contributed by atoms with E-state index in [-0.39, 0.29) is 13.0 Å². The molecule has 8 atom stereocenters. The summed E-state index contributed by atoms with van der Waals surface area (Å²) in [5.74, 6) is -1.20. The van der Waals surface area contributed by atoms with E-state index >= 15 is 0 Å². The lowest BCUT2D eigenvalue weighted by Gasteiger charge is -2.41. The average molecular weight is 1140 g/mol. The lowest BCUT2D eigenvalue weighted by atomic mass is 9.99. The SMILES string of the molecule is CCCCC/C=C\C/C=C\C/C=C\CCCCCCCCC(=O)OC1C(OCC(NC(=O)C(O)CCCCCCCCCCCCCC/C=C/CCCCCCCC)C(O)/C=C/CCCCCCCCCCC)OC(CO)C(O)C1O. The fraction of sp³-hybridized carbons (Fsp3) is 0.829. The molecule has 0 radical (unpaired) electrons. The molecule has 11 heteroatoms. The molecule has 0 spiro atoms. The van der Waals surface area contributed by atoms with Gasteiger partial charge in [-0.15, -0.1) is 0 Å². The van der Waals surface area contributed by atoms with E-state index in [2.05, 4.69) is 74.7 Å². The second kappa shape index (κ2) is 57.8. The number of hydrogen-bond acceptors (Lipinski definition) is 10. The van der Waals surface area contributed by atoms with E-state index in [1.807, 2.05) is 6.08 Å². The minimum atomic E-state index is -1.62. The number of unbranched alkanes of at least 4 members (excludes halogenated alkanes) is 36. The Balaban J connectivity index is 2.60. The number of ether oxygens (including phenoxy) is 3. The van der Waals surface area contributed by atoms with Crippen molar-refractivity contribution in [2.75, 3.05) is 13.2 Å². The van der Waals surface area contributed by atoms with Gasteiger partial charge in [0.15, 0.2) is 12.4 Å². The molecule has 8 unspecified atom stereocenters. The Labute approximate surface area is 497 Å². The summed E-state index contributed by atoms with van der Waals surface area (Å²) < 4.78 is 17.6. The largest absolute Gasteiger partial charge is 0.454 e. The van der Waals surface area contributed by atoms with E-state index in [0.717, 1.165) is 89.9 Å². The number of aliphatic hydroxyl groups is 5. The van der Waals surface area contributed by atoms with Crippen LogP contribution in [0.4, 0.5) is 0 Å². The van der Waals surface area contributed by atoms with Gasteiger partial charge in [0.2, 0.25) is 5.91 Å². The molecule has 0 aromatic carbocycles. The predicted molar refractivity (Wildman–Crippen MR) is 338 cm³/mol. The molecule has 1 fully saturated rings. The van der Waals surface area contributed by atoms with Crippen LogP contribution in [0.2, 0.25) is 0 Å². The second-order valence-corrected chi connectivity index (χ2v) is 23.6. The highest BCUT2D eigenvalue weighted by atomic mass is 16.7. The Morgan fingerprint density at radius 3 is 1.31 bits per heavy atom. The summed E-state index contributed by atoms with van der Waals surface area (Å²) in [6, 6.07) is -1.03. The molecular formula is C70H127NO10. The third-order valence-electron chi connectivity index (χ3n) is 15.9. The Morgan fingerprint density at radius 2 is 0.852 bits per heavy atom. The molecular weight excluding hydrogens is 1010 g/mol. The number of esters is 1. The fourth-order valence-corrected chi connectivity index (χ4v) is 10.5. The summed E-state index contributed by atoms with van der Waals surface area (Å²) in [6.45, 7) is 5.77. The third kappa shape index (κ3) is 45.4. The summed E-state index contributed by atoms with van der Waals surface area (Å²) >= 11 is 0. The van der Waals surface area contributed by atoms with Crippen molar-refractivity contribution < 1.29 is 49.3 Å². The first-order valence-electron chi connectivity index (χ1n) is 34.1. The Morgan fingerprint density at radius 1 is 0.481 bits per heavy atom. The van der Waals surface area contributed by atoms with Crippen molar-refractivity contribution in [3.8, 4) is 0 Å². The van der Waals surface area contributed by atoms with Gasteiger partial charge in [-0.1, -0.05) is 274 Å². The summed E-state index contributed by atoms with van der Waals surface area (Å²) in [6.07, 6.45) is 62.6. The molecule has 1 amide bonds. The predicted octanol–water partition coefficient (Wildman–Crippen LogP) is 17.0. The molecule has 0 bridgehead atoms. The molecule has 0 aliphatic carbocycles. The van der Waals surface area contributed by atoms with Gasteiger partial charge < -0.3 is 45.1 Å². The number of carbonyl (C=O) groups excluding carboxylic acids is 2. The molecule has 1 saturated heterocycles. The Bertz CT molecular complexity index is 1550. The van der Waals surface area contributed by atoms with Gasteiger partial charge in [0.1, 0.15) is 24.4 Å². The quantitative estimate of drug-likeness (QED) is 0.0195. The molecule has 1 aliphatic heterocycles. The van der Waals surface area contributed by atoms with Crippen LogP contribution in [0.25, 0.3) is 0 Å². The van der Waals surface area contributed by atoms with Gasteiger partial charge in [0, 0.05) is 6.42 Å². The average Bonchev–Trinajstić information content (AvgIpc) is 3.50. The molecule has 1 rings (SSSR count). The first-order chi connectivity index (χ1) is 39.7. The van der Waals surface area contributed by atoms with Gasteiger partial charge in [-0.3, -0.25) is 9.59 Å². The van der Waals surface area contributed by atoms with Crippen molar-refractivity contribution in [2.45, 2.75) is 359 Å². The minimum absolute atomic E-state index is 0.109. The van der Waals surface area contributed by atoms with Crippen molar-refractivity contribution in [3.05, 3.63) is 60.8 Å². The lowest BCUT2D eigenvalue weighted by Crippen LogP contribution is -2.61. The number of amides is 1. The highest BCUT2D eigenvalue weighted by Crippen LogP contribution is 2.26. The van der Waals surface area contributed by atoms with Crippen molar-refractivity contribution in [1.82, 2.24) is 5.32 Å². The number of nitrogens with one attached hydrogen (secondary N) is 1. The van der Waals surface area contributed by atoms with Crippen molar-refractivity contribution in [2.24, 2.45) is 0 Å².